The summed E-state index contributed by atoms with van der Waals surface area (Å²) in [6, 6.07) is 5.46. The lowest BCUT2D eigenvalue weighted by atomic mass is 10.2. The van der Waals surface area contributed by atoms with E-state index in [1.165, 1.54) is 0 Å². The van der Waals surface area contributed by atoms with Gasteiger partial charge in [0.15, 0.2) is 0 Å². The van der Waals surface area contributed by atoms with E-state index in [1.54, 1.807) is 12.3 Å². The Bertz CT molecular complexity index is 491. The van der Waals surface area contributed by atoms with E-state index in [-0.39, 0.29) is 0 Å². The van der Waals surface area contributed by atoms with Crippen molar-refractivity contribution in [3.8, 4) is 5.69 Å². The highest BCUT2D eigenvalue weighted by molar-refractivity contribution is 6.30. The maximum Gasteiger partial charge on any atom is 0.113 e. The molecule has 2 aromatic rings. The number of benzene rings is 1. The fraction of sp³-hybridized carbons (Fsp3) is 0.250. The normalized spacial score (nSPS) is 10.6. The van der Waals surface area contributed by atoms with E-state index in [0.29, 0.717) is 10.7 Å². The molecular formula is C12H14ClN3. The molecule has 0 amide bonds. The zero-order valence-corrected chi connectivity index (χ0v) is 9.91. The fourth-order valence-corrected chi connectivity index (χ4v) is 1.85. The van der Waals surface area contributed by atoms with Gasteiger partial charge in [-0.25, -0.2) is 4.98 Å². The summed E-state index contributed by atoms with van der Waals surface area (Å²) in [7, 11) is 0. The summed E-state index contributed by atoms with van der Waals surface area (Å²) in [5, 5.41) is 0.681. The molecule has 0 aliphatic carbocycles. The smallest absolute Gasteiger partial charge is 0.113 e. The molecule has 2 N–H and O–H groups in total. The number of hydrogen-bond donors (Lipinski definition) is 1. The Balaban J connectivity index is 2.49. The molecule has 0 aliphatic heterocycles. The fourth-order valence-electron chi connectivity index (χ4n) is 1.69. The maximum atomic E-state index is 5.97. The van der Waals surface area contributed by atoms with Crippen molar-refractivity contribution in [1.82, 2.24) is 9.55 Å². The minimum atomic E-state index is 0.681. The van der Waals surface area contributed by atoms with Crippen LogP contribution in [0.2, 0.25) is 5.02 Å². The van der Waals surface area contributed by atoms with Crippen LogP contribution >= 0.6 is 11.6 Å². The third-order valence-electron chi connectivity index (χ3n) is 2.44. The number of aromatic nitrogens is 2. The Morgan fingerprint density at radius 1 is 1.44 bits per heavy atom. The number of imidazole rings is 1. The van der Waals surface area contributed by atoms with E-state index in [1.807, 2.05) is 22.9 Å². The van der Waals surface area contributed by atoms with Gasteiger partial charge in [0.1, 0.15) is 5.82 Å². The van der Waals surface area contributed by atoms with E-state index in [9.17, 15) is 0 Å². The van der Waals surface area contributed by atoms with Gasteiger partial charge in [-0.15, -0.1) is 0 Å². The monoisotopic (exact) mass is 235 g/mol. The van der Waals surface area contributed by atoms with Crippen LogP contribution in [0, 0.1) is 0 Å². The lowest BCUT2D eigenvalue weighted by Crippen LogP contribution is -2.03. The zero-order valence-electron chi connectivity index (χ0n) is 9.15. The SMILES string of the molecule is CCCc1nccn1-c1cc(Cl)ccc1N. The molecule has 3 nitrogen and oxygen atoms in total. The summed E-state index contributed by atoms with van der Waals surface area (Å²) in [5.41, 5.74) is 7.54. The van der Waals surface area contributed by atoms with Crippen LogP contribution in [0.3, 0.4) is 0 Å². The van der Waals surface area contributed by atoms with Crippen LogP contribution in [0.1, 0.15) is 19.2 Å². The van der Waals surface area contributed by atoms with E-state index >= 15 is 0 Å². The van der Waals surface area contributed by atoms with Gasteiger partial charge in [0, 0.05) is 23.8 Å². The summed E-state index contributed by atoms with van der Waals surface area (Å²) in [5.74, 6) is 1.01. The minimum Gasteiger partial charge on any atom is -0.397 e. The van der Waals surface area contributed by atoms with Gasteiger partial charge in [-0.3, -0.25) is 0 Å². The first-order valence-electron chi connectivity index (χ1n) is 5.30. The number of rotatable bonds is 3. The number of hydrogen-bond acceptors (Lipinski definition) is 2. The molecule has 0 saturated heterocycles. The molecule has 0 unspecified atom stereocenters. The highest BCUT2D eigenvalue weighted by Gasteiger charge is 2.07. The lowest BCUT2D eigenvalue weighted by molar-refractivity contribution is 0.810. The largest absolute Gasteiger partial charge is 0.397 e. The average Bonchev–Trinajstić information content (AvgIpc) is 2.70. The van der Waals surface area contributed by atoms with E-state index in [0.717, 1.165) is 24.4 Å². The lowest BCUT2D eigenvalue weighted by Gasteiger charge is -2.10. The van der Waals surface area contributed by atoms with Crippen molar-refractivity contribution in [3.63, 3.8) is 0 Å². The second-order valence-corrected chi connectivity index (χ2v) is 4.10. The van der Waals surface area contributed by atoms with Crippen molar-refractivity contribution in [3.05, 3.63) is 41.4 Å². The maximum absolute atomic E-state index is 5.97. The van der Waals surface area contributed by atoms with Crippen LogP contribution in [-0.2, 0) is 6.42 Å². The molecule has 4 heteroatoms. The molecule has 0 atom stereocenters. The Labute approximate surface area is 99.9 Å². The van der Waals surface area contributed by atoms with Gasteiger partial charge in [-0.2, -0.15) is 0 Å². The molecular weight excluding hydrogens is 222 g/mol. The minimum absolute atomic E-state index is 0.681. The van der Waals surface area contributed by atoms with Gasteiger partial charge < -0.3 is 10.3 Å². The average molecular weight is 236 g/mol. The summed E-state index contributed by atoms with van der Waals surface area (Å²) in [6.45, 7) is 2.13. The molecule has 0 radical (unpaired) electrons. The molecule has 0 bridgehead atoms. The summed E-state index contributed by atoms with van der Waals surface area (Å²) >= 11 is 5.97. The molecule has 16 heavy (non-hydrogen) atoms. The van der Waals surface area contributed by atoms with Crippen molar-refractivity contribution in [2.45, 2.75) is 19.8 Å². The molecule has 2 rings (SSSR count). The molecule has 0 spiro atoms. The predicted molar refractivity (Wildman–Crippen MR) is 67.0 cm³/mol. The highest BCUT2D eigenvalue weighted by Crippen LogP contribution is 2.23. The first-order valence-corrected chi connectivity index (χ1v) is 5.67. The Morgan fingerprint density at radius 3 is 3.00 bits per heavy atom. The summed E-state index contributed by atoms with van der Waals surface area (Å²) in [6.07, 6.45) is 5.68. The van der Waals surface area contributed by atoms with Crippen molar-refractivity contribution in [2.24, 2.45) is 0 Å². The van der Waals surface area contributed by atoms with Crippen LogP contribution in [0.15, 0.2) is 30.6 Å². The Kier molecular flexibility index (Phi) is 3.15. The second kappa shape index (κ2) is 4.58. The molecule has 0 aliphatic rings. The number of nitrogens with two attached hydrogens (primary N) is 1. The van der Waals surface area contributed by atoms with E-state index in [4.69, 9.17) is 17.3 Å². The van der Waals surface area contributed by atoms with E-state index in [2.05, 4.69) is 11.9 Å². The Morgan fingerprint density at radius 2 is 2.25 bits per heavy atom. The number of aryl methyl sites for hydroxylation is 1. The van der Waals surface area contributed by atoms with Gasteiger partial charge in [0.25, 0.3) is 0 Å². The van der Waals surface area contributed by atoms with Crippen LogP contribution in [0.5, 0.6) is 0 Å². The number of nitrogens with zero attached hydrogens (tertiary/aromatic N) is 2. The van der Waals surface area contributed by atoms with Crippen LogP contribution in [0.4, 0.5) is 5.69 Å². The van der Waals surface area contributed by atoms with Crippen LogP contribution < -0.4 is 5.73 Å². The molecule has 0 saturated carbocycles. The molecule has 1 aromatic carbocycles. The van der Waals surface area contributed by atoms with Crippen molar-refractivity contribution < 1.29 is 0 Å². The van der Waals surface area contributed by atoms with Gasteiger partial charge >= 0.3 is 0 Å². The highest BCUT2D eigenvalue weighted by atomic mass is 35.5. The molecule has 84 valence electrons. The number of halogens is 1. The first-order chi connectivity index (χ1) is 7.72. The van der Waals surface area contributed by atoms with Gasteiger partial charge in [-0.05, 0) is 24.6 Å². The third-order valence-corrected chi connectivity index (χ3v) is 2.68. The second-order valence-electron chi connectivity index (χ2n) is 3.67. The predicted octanol–water partition coefficient (Wildman–Crippen LogP) is 3.06. The first kappa shape index (κ1) is 11.0. The van der Waals surface area contributed by atoms with Gasteiger partial charge in [0.2, 0.25) is 0 Å². The molecule has 0 fully saturated rings. The van der Waals surface area contributed by atoms with Gasteiger partial charge in [0.05, 0.1) is 11.4 Å². The van der Waals surface area contributed by atoms with Crippen LogP contribution in [-0.4, -0.2) is 9.55 Å². The van der Waals surface area contributed by atoms with E-state index < -0.39 is 0 Å². The Hall–Kier alpha value is -1.48. The molecule has 1 aromatic heterocycles. The summed E-state index contributed by atoms with van der Waals surface area (Å²) < 4.78 is 1.99. The molecule has 1 heterocycles. The topological polar surface area (TPSA) is 43.8 Å². The van der Waals surface area contributed by atoms with Crippen molar-refractivity contribution in [2.75, 3.05) is 5.73 Å². The van der Waals surface area contributed by atoms with Crippen LogP contribution in [0.25, 0.3) is 5.69 Å². The standard InChI is InChI=1S/C12H14ClN3/c1-2-3-12-15-6-7-16(12)11-8-9(13)4-5-10(11)14/h4-8H,2-3,14H2,1H3. The number of nitrogen functional groups attached to an aromatic ring is 1. The van der Waals surface area contributed by atoms with Crippen molar-refractivity contribution in [1.29, 1.82) is 0 Å². The van der Waals surface area contributed by atoms with Gasteiger partial charge in [-0.1, -0.05) is 18.5 Å². The number of anilines is 1. The van der Waals surface area contributed by atoms with Crippen molar-refractivity contribution >= 4 is 17.3 Å². The third kappa shape index (κ3) is 2.04. The summed E-state index contributed by atoms with van der Waals surface area (Å²) in [4.78, 5) is 4.32. The zero-order chi connectivity index (χ0) is 11.5. The quantitative estimate of drug-likeness (QED) is 0.831.